The van der Waals surface area contributed by atoms with Gasteiger partial charge in [0.2, 0.25) is 0 Å². The number of phenols is 1. The number of ether oxygens (including phenoxy) is 1. The maximum absolute atomic E-state index is 13.1. The molecule has 0 unspecified atom stereocenters. The number of urea groups is 1. The van der Waals surface area contributed by atoms with Gasteiger partial charge in [-0.25, -0.2) is 14.5 Å². The Bertz CT molecular complexity index is 1970. The average Bonchev–Trinajstić information content (AvgIpc) is 3.67. The molecule has 3 aromatic carbocycles. The molecule has 4 N–H and O–H groups in total. The molecule has 43 heavy (non-hydrogen) atoms. The van der Waals surface area contributed by atoms with Crippen LogP contribution in [-0.4, -0.2) is 35.4 Å². The molecule has 220 valence electrons. The standard InChI is InChI=1S/C31H29ClN6O4S/c1-31(2,3)27-14-28(38(36-27)19-8-11-24(40)22(32)12-19)35-29(41)33-15-18-6-4-5-7-25(18)42-21-9-10-23-26(13-21)43-30-34-16-20(17-39)37(23)30/h4-14,16,39-40H,15,17H2,1-3H3,(H2,33,35,41). The molecule has 0 bridgehead atoms. The van der Waals surface area contributed by atoms with E-state index < -0.39 is 6.03 Å². The van der Waals surface area contributed by atoms with Gasteiger partial charge in [0.15, 0.2) is 4.96 Å². The SMILES string of the molecule is CC(C)(C)c1cc(NC(=O)NCc2ccccc2Oc2ccc3c(c2)sc2ncc(CO)n23)n(-c2ccc(O)c(Cl)c2)n1. The highest BCUT2D eigenvalue weighted by atomic mass is 35.5. The van der Waals surface area contributed by atoms with Gasteiger partial charge >= 0.3 is 6.03 Å². The number of carbonyl (C=O) groups is 1. The number of halogens is 1. The minimum atomic E-state index is -0.427. The summed E-state index contributed by atoms with van der Waals surface area (Å²) < 4.78 is 10.7. The Morgan fingerprint density at radius 3 is 2.67 bits per heavy atom. The molecule has 0 fully saturated rings. The van der Waals surface area contributed by atoms with Gasteiger partial charge in [-0.1, -0.05) is 61.9 Å². The normalized spacial score (nSPS) is 11.7. The van der Waals surface area contributed by atoms with Crippen molar-refractivity contribution in [1.82, 2.24) is 24.5 Å². The number of para-hydroxylation sites is 1. The minimum absolute atomic E-state index is 0.0388. The van der Waals surface area contributed by atoms with Gasteiger partial charge in [0.05, 0.1) is 45.1 Å². The maximum Gasteiger partial charge on any atom is 0.320 e. The summed E-state index contributed by atoms with van der Waals surface area (Å²) in [5.41, 5.74) is 3.56. The second kappa shape index (κ2) is 11.3. The second-order valence-electron chi connectivity index (χ2n) is 11.0. The van der Waals surface area contributed by atoms with E-state index in [0.29, 0.717) is 23.0 Å². The van der Waals surface area contributed by atoms with E-state index in [1.165, 1.54) is 17.4 Å². The first-order valence-corrected chi connectivity index (χ1v) is 14.7. The molecular weight excluding hydrogens is 588 g/mol. The van der Waals surface area contributed by atoms with Gasteiger partial charge in [-0.2, -0.15) is 5.10 Å². The molecule has 0 spiro atoms. The van der Waals surface area contributed by atoms with Crippen LogP contribution < -0.4 is 15.4 Å². The summed E-state index contributed by atoms with van der Waals surface area (Å²) in [6.45, 7) is 6.22. The lowest BCUT2D eigenvalue weighted by Gasteiger charge is -2.14. The van der Waals surface area contributed by atoms with Crippen LogP contribution in [0.4, 0.5) is 10.6 Å². The maximum atomic E-state index is 13.1. The summed E-state index contributed by atoms with van der Waals surface area (Å²) in [6, 6.07) is 19.4. The predicted octanol–water partition coefficient (Wildman–Crippen LogP) is 7.00. The number of nitrogens with zero attached hydrogens (tertiary/aromatic N) is 4. The highest BCUT2D eigenvalue weighted by Gasteiger charge is 2.22. The van der Waals surface area contributed by atoms with Gasteiger partial charge < -0.3 is 20.3 Å². The van der Waals surface area contributed by atoms with Crippen LogP contribution in [0.25, 0.3) is 20.9 Å². The van der Waals surface area contributed by atoms with Crippen LogP contribution in [0.2, 0.25) is 5.02 Å². The third-order valence-electron chi connectivity index (χ3n) is 6.87. The first kappa shape index (κ1) is 28.5. The number of aliphatic hydroxyl groups is 1. The summed E-state index contributed by atoms with van der Waals surface area (Å²) >= 11 is 7.66. The number of carbonyl (C=O) groups excluding carboxylic acids is 1. The van der Waals surface area contributed by atoms with Crippen molar-refractivity contribution in [2.75, 3.05) is 5.32 Å². The van der Waals surface area contributed by atoms with E-state index in [2.05, 4.69) is 15.6 Å². The average molecular weight is 617 g/mol. The smallest absolute Gasteiger partial charge is 0.320 e. The number of hydrogen-bond acceptors (Lipinski definition) is 7. The molecule has 0 saturated carbocycles. The molecule has 3 aromatic heterocycles. The monoisotopic (exact) mass is 616 g/mol. The van der Waals surface area contributed by atoms with Crippen LogP contribution in [0.15, 0.2) is 72.9 Å². The number of phenolic OH excluding ortho intramolecular Hbond substituents is 1. The van der Waals surface area contributed by atoms with Crippen LogP contribution >= 0.6 is 22.9 Å². The van der Waals surface area contributed by atoms with Crippen LogP contribution in [0, 0.1) is 0 Å². The zero-order chi connectivity index (χ0) is 30.3. The van der Waals surface area contributed by atoms with Crippen LogP contribution in [0.5, 0.6) is 17.2 Å². The van der Waals surface area contributed by atoms with Crippen molar-refractivity contribution in [3.05, 3.63) is 94.9 Å². The first-order chi connectivity index (χ1) is 20.6. The van der Waals surface area contributed by atoms with E-state index in [4.69, 9.17) is 21.4 Å². The number of aromatic hydroxyl groups is 1. The van der Waals surface area contributed by atoms with Crippen molar-refractivity contribution < 1.29 is 19.7 Å². The number of benzene rings is 3. The third-order valence-corrected chi connectivity index (χ3v) is 8.19. The fraction of sp³-hybridized carbons (Fsp3) is 0.194. The van der Waals surface area contributed by atoms with E-state index in [0.717, 1.165) is 32.1 Å². The lowest BCUT2D eigenvalue weighted by Crippen LogP contribution is -2.29. The molecule has 6 aromatic rings. The molecule has 10 nitrogen and oxygen atoms in total. The van der Waals surface area contributed by atoms with Gasteiger partial charge in [-0.3, -0.25) is 9.72 Å². The molecule has 3 heterocycles. The Morgan fingerprint density at radius 1 is 1.09 bits per heavy atom. The number of anilines is 1. The van der Waals surface area contributed by atoms with Gasteiger partial charge in [0.1, 0.15) is 23.1 Å². The van der Waals surface area contributed by atoms with Crippen LogP contribution in [0.3, 0.4) is 0 Å². The lowest BCUT2D eigenvalue weighted by molar-refractivity contribution is 0.251. The molecule has 0 aliphatic heterocycles. The number of rotatable bonds is 7. The molecule has 0 atom stereocenters. The van der Waals surface area contributed by atoms with Crippen molar-refractivity contribution in [2.24, 2.45) is 0 Å². The van der Waals surface area contributed by atoms with Gasteiger partial charge in [0, 0.05) is 29.7 Å². The topological polar surface area (TPSA) is 126 Å². The van der Waals surface area contributed by atoms with Crippen LogP contribution in [0.1, 0.15) is 37.7 Å². The molecule has 0 radical (unpaired) electrons. The Hall–Kier alpha value is -4.58. The van der Waals surface area contributed by atoms with Crippen molar-refractivity contribution in [1.29, 1.82) is 0 Å². The van der Waals surface area contributed by atoms with Crippen LogP contribution in [-0.2, 0) is 18.6 Å². The molecular formula is C31H29ClN6O4S. The van der Waals surface area contributed by atoms with Gasteiger partial charge in [-0.05, 0) is 36.4 Å². The van der Waals surface area contributed by atoms with E-state index in [1.54, 1.807) is 23.0 Å². The van der Waals surface area contributed by atoms with Gasteiger partial charge in [0.25, 0.3) is 0 Å². The lowest BCUT2D eigenvalue weighted by atomic mass is 9.92. The minimum Gasteiger partial charge on any atom is -0.506 e. The molecule has 2 amide bonds. The number of aliphatic hydroxyl groups excluding tert-OH is 1. The highest BCUT2D eigenvalue weighted by molar-refractivity contribution is 7.23. The Balaban J connectivity index is 1.19. The number of hydrogen-bond donors (Lipinski definition) is 4. The fourth-order valence-corrected chi connectivity index (χ4v) is 5.83. The summed E-state index contributed by atoms with van der Waals surface area (Å²) in [7, 11) is 0. The largest absolute Gasteiger partial charge is 0.506 e. The molecule has 0 aliphatic rings. The molecule has 0 saturated heterocycles. The van der Waals surface area contributed by atoms with Crippen molar-refractivity contribution in [3.63, 3.8) is 0 Å². The Morgan fingerprint density at radius 2 is 1.91 bits per heavy atom. The number of fused-ring (bicyclic) bond motifs is 3. The zero-order valence-electron chi connectivity index (χ0n) is 23.6. The molecule has 6 rings (SSSR count). The first-order valence-electron chi connectivity index (χ1n) is 13.5. The summed E-state index contributed by atoms with van der Waals surface area (Å²) in [5.74, 6) is 1.67. The Kier molecular flexibility index (Phi) is 7.47. The van der Waals surface area contributed by atoms with E-state index in [-0.39, 0.29) is 29.3 Å². The van der Waals surface area contributed by atoms with E-state index in [1.807, 2.05) is 73.7 Å². The summed E-state index contributed by atoms with van der Waals surface area (Å²) in [6.07, 6.45) is 1.68. The van der Waals surface area contributed by atoms with E-state index >= 15 is 0 Å². The molecule has 12 heteroatoms. The number of aromatic nitrogens is 4. The Labute approximate surface area is 256 Å². The third kappa shape index (κ3) is 5.74. The van der Waals surface area contributed by atoms with E-state index in [9.17, 15) is 15.0 Å². The van der Waals surface area contributed by atoms with Crippen molar-refractivity contribution in [2.45, 2.75) is 39.3 Å². The number of nitrogens with one attached hydrogen (secondary N) is 2. The predicted molar refractivity (Wildman–Crippen MR) is 168 cm³/mol. The second-order valence-corrected chi connectivity index (χ2v) is 12.4. The van der Waals surface area contributed by atoms with Crippen molar-refractivity contribution in [3.8, 4) is 22.9 Å². The highest BCUT2D eigenvalue weighted by Crippen LogP contribution is 2.34. The fourth-order valence-electron chi connectivity index (χ4n) is 4.61. The number of thiazole rings is 1. The zero-order valence-corrected chi connectivity index (χ0v) is 25.2. The summed E-state index contributed by atoms with van der Waals surface area (Å²) in [4.78, 5) is 18.3. The molecule has 0 aliphatic carbocycles. The summed E-state index contributed by atoms with van der Waals surface area (Å²) in [5, 5.41) is 30.2. The van der Waals surface area contributed by atoms with Gasteiger partial charge in [-0.15, -0.1) is 0 Å². The number of imidazole rings is 1. The van der Waals surface area contributed by atoms with Crippen molar-refractivity contribution >= 4 is 50.0 Å². The number of amides is 2. The quantitative estimate of drug-likeness (QED) is 0.153.